The van der Waals surface area contributed by atoms with Gasteiger partial charge in [0.25, 0.3) is 0 Å². The third-order valence-electron chi connectivity index (χ3n) is 6.88. The van der Waals surface area contributed by atoms with Crippen LogP contribution in [-0.4, -0.2) is 41.2 Å². The number of benzene rings is 3. The highest BCUT2D eigenvalue weighted by molar-refractivity contribution is 5.83. The Labute approximate surface area is 228 Å². The van der Waals surface area contributed by atoms with Gasteiger partial charge in [-0.2, -0.15) is 5.10 Å². The van der Waals surface area contributed by atoms with E-state index >= 15 is 0 Å². The van der Waals surface area contributed by atoms with Gasteiger partial charge in [0.05, 0.1) is 30.3 Å². The van der Waals surface area contributed by atoms with Gasteiger partial charge in [-0.1, -0.05) is 36.4 Å². The smallest absolute Gasteiger partial charge is 0.129 e. The van der Waals surface area contributed by atoms with Crippen molar-refractivity contribution < 1.29 is 14.2 Å². The fourth-order valence-corrected chi connectivity index (χ4v) is 4.80. The molecule has 6 nitrogen and oxygen atoms in total. The Morgan fingerprint density at radius 3 is 2.74 bits per heavy atom. The molecule has 3 heterocycles. The molecular formula is C33H31N3O3. The highest BCUT2D eigenvalue weighted by Gasteiger charge is 2.16. The van der Waals surface area contributed by atoms with Crippen LogP contribution in [0.3, 0.4) is 0 Å². The van der Waals surface area contributed by atoms with Crippen LogP contribution < -0.4 is 9.47 Å². The second-order valence-corrected chi connectivity index (χ2v) is 9.58. The fourth-order valence-electron chi connectivity index (χ4n) is 4.80. The van der Waals surface area contributed by atoms with Gasteiger partial charge in [-0.05, 0) is 84.5 Å². The normalized spacial score (nSPS) is 15.6. The first-order valence-corrected chi connectivity index (χ1v) is 13.3. The molecule has 0 spiro atoms. The number of aromatic amines is 1. The number of aromatic nitrogens is 3. The van der Waals surface area contributed by atoms with Crippen LogP contribution in [0.2, 0.25) is 0 Å². The summed E-state index contributed by atoms with van der Waals surface area (Å²) in [6.45, 7) is 1.38. The number of H-pyrrole nitrogens is 1. The fraction of sp³-hybridized carbons (Fsp3) is 0.182. The molecule has 39 heavy (non-hydrogen) atoms. The van der Waals surface area contributed by atoms with Crippen molar-refractivity contribution in [2.75, 3.05) is 20.3 Å². The highest BCUT2D eigenvalue weighted by atomic mass is 16.5. The van der Waals surface area contributed by atoms with E-state index in [2.05, 4.69) is 59.6 Å². The van der Waals surface area contributed by atoms with E-state index < -0.39 is 0 Å². The number of hydrogen-bond acceptors (Lipinski definition) is 4. The number of nitrogens with one attached hydrogen (secondary N) is 1. The van der Waals surface area contributed by atoms with Crippen molar-refractivity contribution in [2.45, 2.75) is 18.9 Å². The number of ether oxygens (including phenoxy) is 3. The first kappa shape index (κ1) is 24.8. The van der Waals surface area contributed by atoms with Gasteiger partial charge in [-0.25, -0.2) is 4.68 Å². The summed E-state index contributed by atoms with van der Waals surface area (Å²) in [7, 11) is 1.67. The van der Waals surface area contributed by atoms with E-state index in [1.165, 1.54) is 5.39 Å². The van der Waals surface area contributed by atoms with Crippen LogP contribution in [-0.2, 0) is 4.74 Å². The van der Waals surface area contributed by atoms with Crippen molar-refractivity contribution >= 4 is 35.2 Å². The van der Waals surface area contributed by atoms with Gasteiger partial charge in [0.15, 0.2) is 0 Å². The summed E-state index contributed by atoms with van der Waals surface area (Å²) >= 11 is 0. The van der Waals surface area contributed by atoms with Gasteiger partial charge in [0, 0.05) is 30.0 Å². The maximum Gasteiger partial charge on any atom is 0.129 e. The maximum absolute atomic E-state index is 5.95. The molecule has 1 N–H and O–H groups in total. The summed E-state index contributed by atoms with van der Waals surface area (Å²) < 4.78 is 19.2. The number of hydrogen-bond donors (Lipinski definition) is 1. The number of rotatable bonds is 9. The van der Waals surface area contributed by atoms with Crippen LogP contribution in [0.15, 0.2) is 85.1 Å². The molecule has 0 aliphatic carbocycles. The van der Waals surface area contributed by atoms with Gasteiger partial charge in [0.2, 0.25) is 0 Å². The van der Waals surface area contributed by atoms with Gasteiger partial charge < -0.3 is 19.2 Å². The number of fused-ring (bicyclic) bond motifs is 1. The summed E-state index contributed by atoms with van der Waals surface area (Å²) in [4.78, 5) is 3.28. The third kappa shape index (κ3) is 5.81. The molecule has 5 aromatic rings. The van der Waals surface area contributed by atoms with Crippen molar-refractivity contribution in [2.24, 2.45) is 0 Å². The second kappa shape index (κ2) is 11.5. The SMILES string of the molecule is COc1cc(OC[C@@H]2CCCO2)ccc1/C=C/c1cc(/C=C/c2ccc3cc[nH]c3c2)n(-c2ccccc2)n1. The van der Waals surface area contributed by atoms with Crippen molar-refractivity contribution in [3.63, 3.8) is 0 Å². The van der Waals surface area contributed by atoms with Gasteiger partial charge in [-0.3, -0.25) is 0 Å². The van der Waals surface area contributed by atoms with E-state index in [9.17, 15) is 0 Å². The molecular weight excluding hydrogens is 486 g/mol. The molecule has 6 rings (SSSR count). The monoisotopic (exact) mass is 517 g/mol. The predicted octanol–water partition coefficient (Wildman–Crippen LogP) is 7.26. The molecule has 1 fully saturated rings. The van der Waals surface area contributed by atoms with Crippen LogP contribution in [0.25, 0.3) is 40.9 Å². The molecule has 1 aliphatic rings. The van der Waals surface area contributed by atoms with E-state index in [0.717, 1.165) is 64.7 Å². The molecule has 3 aromatic carbocycles. The van der Waals surface area contributed by atoms with Crippen molar-refractivity contribution in [1.82, 2.24) is 14.8 Å². The molecule has 0 bridgehead atoms. The van der Waals surface area contributed by atoms with E-state index in [-0.39, 0.29) is 6.10 Å². The number of para-hydroxylation sites is 1. The average Bonchev–Trinajstić information content (AvgIpc) is 3.75. The van der Waals surface area contributed by atoms with Gasteiger partial charge >= 0.3 is 0 Å². The average molecular weight is 518 g/mol. The van der Waals surface area contributed by atoms with Crippen molar-refractivity contribution in [3.05, 3.63) is 108 Å². The van der Waals surface area contributed by atoms with Crippen LogP contribution in [0, 0.1) is 0 Å². The van der Waals surface area contributed by atoms with E-state index in [1.807, 2.05) is 59.4 Å². The van der Waals surface area contributed by atoms with Crippen LogP contribution in [0.4, 0.5) is 0 Å². The molecule has 1 aliphatic heterocycles. The zero-order valence-corrected chi connectivity index (χ0v) is 21.9. The lowest BCUT2D eigenvalue weighted by Gasteiger charge is -2.13. The van der Waals surface area contributed by atoms with Gasteiger partial charge in [-0.15, -0.1) is 0 Å². The molecule has 0 unspecified atom stereocenters. The molecule has 0 saturated carbocycles. The highest BCUT2D eigenvalue weighted by Crippen LogP contribution is 2.28. The molecule has 0 amide bonds. The van der Waals surface area contributed by atoms with E-state index in [0.29, 0.717) is 6.61 Å². The molecule has 2 aromatic heterocycles. The summed E-state index contributed by atoms with van der Waals surface area (Å²) in [6, 6.07) is 26.6. The Balaban J connectivity index is 1.25. The lowest BCUT2D eigenvalue weighted by atomic mass is 10.1. The number of nitrogens with zero attached hydrogens (tertiary/aromatic N) is 2. The largest absolute Gasteiger partial charge is 0.496 e. The summed E-state index contributed by atoms with van der Waals surface area (Å²) in [5.74, 6) is 1.52. The van der Waals surface area contributed by atoms with Crippen LogP contribution in [0.5, 0.6) is 11.5 Å². The Morgan fingerprint density at radius 1 is 0.974 bits per heavy atom. The molecule has 6 heteroatoms. The lowest BCUT2D eigenvalue weighted by molar-refractivity contribution is 0.0679. The molecule has 1 atom stereocenters. The second-order valence-electron chi connectivity index (χ2n) is 9.58. The van der Waals surface area contributed by atoms with Crippen LogP contribution in [0.1, 0.15) is 35.4 Å². The van der Waals surface area contributed by atoms with Gasteiger partial charge in [0.1, 0.15) is 18.1 Å². The summed E-state index contributed by atoms with van der Waals surface area (Å²) in [5, 5.41) is 6.09. The Morgan fingerprint density at radius 2 is 1.90 bits per heavy atom. The minimum Gasteiger partial charge on any atom is -0.496 e. The van der Waals surface area contributed by atoms with Crippen molar-refractivity contribution in [1.29, 1.82) is 0 Å². The Kier molecular flexibility index (Phi) is 7.28. The molecule has 0 radical (unpaired) electrons. The van der Waals surface area contributed by atoms with Crippen molar-refractivity contribution in [3.8, 4) is 17.2 Å². The minimum absolute atomic E-state index is 0.176. The standard InChI is InChI=1S/C33H31N3O3/c1-37-33-22-30(39-23-31-8-5-19-38-31)16-13-26(33)12-14-27-21-29(36(35-27)28-6-3-2-4-7-28)15-10-24-9-11-25-17-18-34-32(25)20-24/h2-4,6-7,9-18,20-22,31,34H,5,8,19,23H2,1H3/b14-12+,15-10+/t31-/m0/s1. The number of methoxy groups -OCH3 is 1. The predicted molar refractivity (Wildman–Crippen MR) is 157 cm³/mol. The third-order valence-corrected chi connectivity index (χ3v) is 6.88. The van der Waals surface area contributed by atoms with E-state index in [1.54, 1.807) is 7.11 Å². The molecule has 1 saturated heterocycles. The Hall–Kier alpha value is -4.55. The zero-order chi connectivity index (χ0) is 26.4. The molecule has 196 valence electrons. The van der Waals surface area contributed by atoms with Crippen LogP contribution >= 0.6 is 0 Å². The lowest BCUT2D eigenvalue weighted by Crippen LogP contribution is -2.16. The topological polar surface area (TPSA) is 61.3 Å². The first-order chi connectivity index (χ1) is 19.2. The maximum atomic E-state index is 5.95. The summed E-state index contributed by atoms with van der Waals surface area (Å²) in [6.07, 6.45) is 12.5. The zero-order valence-electron chi connectivity index (χ0n) is 21.9. The first-order valence-electron chi connectivity index (χ1n) is 13.3. The quantitative estimate of drug-likeness (QED) is 0.224. The minimum atomic E-state index is 0.176. The Bertz CT molecular complexity index is 1610. The summed E-state index contributed by atoms with van der Waals surface area (Å²) in [5.41, 5.74) is 6.02. The van der Waals surface area contributed by atoms with E-state index in [4.69, 9.17) is 19.3 Å².